The molecule has 5 heteroatoms. The van der Waals surface area contributed by atoms with Gasteiger partial charge < -0.3 is 0 Å². The zero-order valence-corrected chi connectivity index (χ0v) is 14.4. The van der Waals surface area contributed by atoms with Crippen molar-refractivity contribution in [2.24, 2.45) is 0 Å². The Bertz CT molecular complexity index is 1190. The molecule has 0 atom stereocenters. The second-order valence-corrected chi connectivity index (χ2v) is 6.93. The number of rotatable bonds is 2. The van der Waals surface area contributed by atoms with E-state index in [0.717, 1.165) is 33.1 Å². The van der Waals surface area contributed by atoms with Crippen molar-refractivity contribution in [2.45, 2.75) is 6.92 Å². The van der Waals surface area contributed by atoms with Gasteiger partial charge in [0, 0.05) is 10.4 Å². The van der Waals surface area contributed by atoms with Gasteiger partial charge in [0.05, 0.1) is 5.39 Å². The van der Waals surface area contributed by atoms with Crippen molar-refractivity contribution >= 4 is 27.2 Å². The molecule has 0 aliphatic carbocycles. The molecule has 120 valence electrons. The summed E-state index contributed by atoms with van der Waals surface area (Å²) in [7, 11) is 0. The van der Waals surface area contributed by atoms with E-state index in [1.807, 2.05) is 47.7 Å². The molecule has 3 heterocycles. The van der Waals surface area contributed by atoms with Crippen LogP contribution in [0, 0.1) is 6.92 Å². The Morgan fingerprint density at radius 3 is 2.24 bits per heavy atom. The molecule has 2 aromatic carbocycles. The molecule has 0 saturated carbocycles. The third-order valence-electron chi connectivity index (χ3n) is 4.29. The van der Waals surface area contributed by atoms with Crippen molar-refractivity contribution in [1.29, 1.82) is 0 Å². The Morgan fingerprint density at radius 2 is 1.52 bits per heavy atom. The molecule has 4 nitrogen and oxygen atoms in total. The highest BCUT2D eigenvalue weighted by Crippen LogP contribution is 2.35. The van der Waals surface area contributed by atoms with Crippen molar-refractivity contribution in [3.05, 3.63) is 72.6 Å². The summed E-state index contributed by atoms with van der Waals surface area (Å²) in [5, 5.41) is 9.95. The number of benzene rings is 2. The highest BCUT2D eigenvalue weighted by Gasteiger charge is 2.16. The van der Waals surface area contributed by atoms with Crippen LogP contribution in [0.2, 0.25) is 0 Å². The number of nitrogens with zero attached hydrogens (tertiary/aromatic N) is 4. The van der Waals surface area contributed by atoms with Gasteiger partial charge in [0.2, 0.25) is 0 Å². The molecule has 0 N–H and O–H groups in total. The summed E-state index contributed by atoms with van der Waals surface area (Å²) in [5.41, 5.74) is 3.10. The maximum absolute atomic E-state index is 4.81. The van der Waals surface area contributed by atoms with E-state index in [9.17, 15) is 0 Å². The Hall–Kier alpha value is -3.05. The lowest BCUT2D eigenvalue weighted by Gasteiger charge is -2.03. The highest BCUT2D eigenvalue weighted by molar-refractivity contribution is 7.22. The lowest BCUT2D eigenvalue weighted by atomic mass is 10.2. The first-order valence-corrected chi connectivity index (χ1v) is 8.89. The molecule has 0 aliphatic heterocycles. The largest absolute Gasteiger partial charge is 0.262 e. The monoisotopic (exact) mass is 342 g/mol. The van der Waals surface area contributed by atoms with Crippen molar-refractivity contribution < 1.29 is 0 Å². The van der Waals surface area contributed by atoms with Gasteiger partial charge in [-0.15, -0.1) is 21.5 Å². The minimum absolute atomic E-state index is 0.829. The van der Waals surface area contributed by atoms with E-state index in [1.165, 1.54) is 10.4 Å². The van der Waals surface area contributed by atoms with E-state index in [1.54, 1.807) is 11.3 Å². The van der Waals surface area contributed by atoms with Gasteiger partial charge in [-0.1, -0.05) is 60.7 Å². The van der Waals surface area contributed by atoms with Crippen LogP contribution in [-0.4, -0.2) is 19.6 Å². The normalized spacial score (nSPS) is 11.4. The maximum atomic E-state index is 4.81. The van der Waals surface area contributed by atoms with Crippen LogP contribution in [0.15, 0.2) is 66.7 Å². The van der Waals surface area contributed by atoms with Crippen LogP contribution in [-0.2, 0) is 0 Å². The Morgan fingerprint density at radius 1 is 0.840 bits per heavy atom. The molecule has 3 aromatic heterocycles. The first kappa shape index (κ1) is 14.3. The summed E-state index contributed by atoms with van der Waals surface area (Å²) in [6.45, 7) is 2.00. The number of aromatic nitrogens is 4. The zero-order chi connectivity index (χ0) is 16.8. The third-order valence-corrected chi connectivity index (χ3v) is 5.37. The average molecular weight is 342 g/mol. The van der Waals surface area contributed by atoms with Gasteiger partial charge >= 0.3 is 0 Å². The van der Waals surface area contributed by atoms with E-state index < -0.39 is 0 Å². The second-order valence-electron chi connectivity index (χ2n) is 5.90. The molecule has 0 radical (unpaired) electrons. The summed E-state index contributed by atoms with van der Waals surface area (Å²) in [5.74, 6) is 1.72. The summed E-state index contributed by atoms with van der Waals surface area (Å²) < 4.78 is 2.04. The quantitative estimate of drug-likeness (QED) is 0.454. The minimum Gasteiger partial charge on any atom is -0.262 e. The van der Waals surface area contributed by atoms with Crippen molar-refractivity contribution in [3.63, 3.8) is 0 Å². The van der Waals surface area contributed by atoms with E-state index >= 15 is 0 Å². The molecule has 0 fully saturated rings. The van der Waals surface area contributed by atoms with E-state index in [4.69, 9.17) is 4.98 Å². The van der Waals surface area contributed by atoms with E-state index in [0.29, 0.717) is 0 Å². The first-order valence-electron chi connectivity index (χ1n) is 8.07. The molecule has 5 aromatic rings. The molecular formula is C20H14N4S. The number of hydrogen-bond donors (Lipinski definition) is 0. The SMILES string of the molecule is Cc1nc2sc(-c3ccccc3)cc2c2nnc(-c3ccccc3)n12. The summed E-state index contributed by atoms with van der Waals surface area (Å²) in [6, 6.07) is 22.7. The van der Waals surface area contributed by atoms with Gasteiger partial charge in [0.25, 0.3) is 0 Å². The smallest absolute Gasteiger partial charge is 0.172 e. The van der Waals surface area contributed by atoms with E-state index in [-0.39, 0.29) is 0 Å². The zero-order valence-electron chi connectivity index (χ0n) is 13.5. The van der Waals surface area contributed by atoms with Crippen LogP contribution in [0.25, 0.3) is 37.7 Å². The predicted octanol–water partition coefficient (Wildman–Crippen LogP) is 4.98. The number of fused-ring (bicyclic) bond motifs is 3. The topological polar surface area (TPSA) is 43.1 Å². The van der Waals surface area contributed by atoms with Gasteiger partial charge in [0.15, 0.2) is 11.5 Å². The van der Waals surface area contributed by atoms with Crippen LogP contribution in [0.1, 0.15) is 5.82 Å². The molecule has 25 heavy (non-hydrogen) atoms. The summed E-state index contributed by atoms with van der Waals surface area (Å²) in [4.78, 5) is 7.00. The summed E-state index contributed by atoms with van der Waals surface area (Å²) >= 11 is 1.69. The molecule has 0 unspecified atom stereocenters. The Kier molecular flexibility index (Phi) is 3.15. The summed E-state index contributed by atoms with van der Waals surface area (Å²) in [6.07, 6.45) is 0. The van der Waals surface area contributed by atoms with Gasteiger partial charge in [-0.3, -0.25) is 4.40 Å². The standard InChI is InChI=1S/C20H14N4S/c1-13-21-20-16(12-17(25-20)14-8-4-2-5-9-14)19-23-22-18(24(13)19)15-10-6-3-7-11-15/h2-12H,1H3. The maximum Gasteiger partial charge on any atom is 0.172 e. The fourth-order valence-electron chi connectivity index (χ4n) is 3.11. The predicted molar refractivity (Wildman–Crippen MR) is 102 cm³/mol. The fraction of sp³-hybridized carbons (Fsp3) is 0.0500. The average Bonchev–Trinajstić information content (AvgIpc) is 3.28. The van der Waals surface area contributed by atoms with Gasteiger partial charge in [-0.2, -0.15) is 0 Å². The van der Waals surface area contributed by atoms with Crippen LogP contribution < -0.4 is 0 Å². The molecular weight excluding hydrogens is 328 g/mol. The molecule has 0 bridgehead atoms. The van der Waals surface area contributed by atoms with Gasteiger partial charge in [0.1, 0.15) is 10.7 Å². The van der Waals surface area contributed by atoms with Crippen LogP contribution in [0.5, 0.6) is 0 Å². The first-order chi connectivity index (χ1) is 12.3. The lowest BCUT2D eigenvalue weighted by molar-refractivity contribution is 1.01. The van der Waals surface area contributed by atoms with E-state index in [2.05, 4.69) is 40.5 Å². The third kappa shape index (κ3) is 2.24. The van der Waals surface area contributed by atoms with Crippen molar-refractivity contribution in [3.8, 4) is 21.8 Å². The lowest BCUT2D eigenvalue weighted by Crippen LogP contribution is -1.97. The van der Waals surface area contributed by atoms with Crippen molar-refractivity contribution in [1.82, 2.24) is 19.6 Å². The van der Waals surface area contributed by atoms with Crippen LogP contribution in [0.4, 0.5) is 0 Å². The van der Waals surface area contributed by atoms with Crippen LogP contribution in [0.3, 0.4) is 0 Å². The van der Waals surface area contributed by atoms with Gasteiger partial charge in [-0.05, 0) is 18.6 Å². The number of thiophene rings is 1. The fourth-order valence-corrected chi connectivity index (χ4v) is 4.18. The Balaban J connectivity index is 1.79. The highest BCUT2D eigenvalue weighted by atomic mass is 32.1. The number of aryl methyl sites for hydroxylation is 1. The van der Waals surface area contributed by atoms with Gasteiger partial charge in [-0.25, -0.2) is 4.98 Å². The number of hydrogen-bond acceptors (Lipinski definition) is 4. The van der Waals surface area contributed by atoms with Crippen molar-refractivity contribution in [2.75, 3.05) is 0 Å². The molecule has 5 rings (SSSR count). The molecule has 0 amide bonds. The second kappa shape index (κ2) is 5.50. The molecule has 0 saturated heterocycles. The van der Waals surface area contributed by atoms with Crippen LogP contribution >= 0.6 is 11.3 Å². The Labute approximate surface area is 148 Å². The molecule has 0 spiro atoms. The minimum atomic E-state index is 0.829. The molecule has 0 aliphatic rings.